The number of methoxy groups -OCH3 is 1. The molecule has 0 radical (unpaired) electrons. The van der Waals surface area contributed by atoms with Crippen molar-refractivity contribution >= 4 is 25.8 Å². The van der Waals surface area contributed by atoms with Crippen LogP contribution < -0.4 is 10.1 Å². The number of hydrogen-bond donors (Lipinski definition) is 1. The highest BCUT2D eigenvalue weighted by Crippen LogP contribution is 2.34. The molecule has 0 spiro atoms. The molecular weight excluding hydrogens is 361 g/mol. The van der Waals surface area contributed by atoms with Gasteiger partial charge in [-0.05, 0) is 41.9 Å². The third kappa shape index (κ3) is 4.66. The first kappa shape index (κ1) is 18.4. The Labute approximate surface area is 134 Å². The third-order valence-corrected chi connectivity index (χ3v) is 5.60. The fraction of sp³-hybridized carbons (Fsp3) is 0.571. The van der Waals surface area contributed by atoms with E-state index < -0.39 is 26.9 Å². The van der Waals surface area contributed by atoms with E-state index in [1.807, 2.05) is 6.92 Å². The van der Waals surface area contributed by atoms with Crippen LogP contribution in [0.15, 0.2) is 16.6 Å². The van der Waals surface area contributed by atoms with Crippen LogP contribution >= 0.6 is 15.9 Å². The van der Waals surface area contributed by atoms with Gasteiger partial charge in [0.2, 0.25) is 0 Å². The molecule has 2 unspecified atom stereocenters. The van der Waals surface area contributed by atoms with Gasteiger partial charge in [-0.3, -0.25) is 0 Å². The highest BCUT2D eigenvalue weighted by atomic mass is 79.9. The number of nitrogens with one attached hydrogen (secondary N) is 1. The summed E-state index contributed by atoms with van der Waals surface area (Å²) in [6, 6.07) is 2.37. The summed E-state index contributed by atoms with van der Waals surface area (Å²) in [6.45, 7) is 4.29. The van der Waals surface area contributed by atoms with E-state index >= 15 is 0 Å². The molecule has 1 aromatic carbocycles. The Balaban J connectivity index is 3.35. The number of halogens is 2. The quantitative estimate of drug-likeness (QED) is 0.788. The number of benzene rings is 1. The van der Waals surface area contributed by atoms with Gasteiger partial charge in [-0.1, -0.05) is 6.92 Å². The fourth-order valence-corrected chi connectivity index (χ4v) is 3.14. The van der Waals surface area contributed by atoms with Gasteiger partial charge in [0.25, 0.3) is 0 Å². The Bertz CT molecular complexity index is 592. The smallest absolute Gasteiger partial charge is 0.151 e. The molecule has 0 fully saturated rings. The molecule has 0 heterocycles. The number of hydrogen-bond acceptors (Lipinski definition) is 4. The Kier molecular flexibility index (Phi) is 6.62. The lowest BCUT2D eigenvalue weighted by atomic mass is 10.0. The summed E-state index contributed by atoms with van der Waals surface area (Å²) in [6.07, 6.45) is 2.06. The maximum absolute atomic E-state index is 13.6. The minimum atomic E-state index is -3.26. The lowest BCUT2D eigenvalue weighted by molar-refractivity contribution is 0.392. The molecule has 0 saturated heterocycles. The Morgan fingerprint density at radius 3 is 2.52 bits per heavy atom. The molecule has 0 bridgehead atoms. The van der Waals surface area contributed by atoms with Crippen molar-refractivity contribution < 1.29 is 17.5 Å². The lowest BCUT2D eigenvalue weighted by Crippen LogP contribution is -2.35. The molecule has 1 N–H and O–H groups in total. The standard InChI is InChI=1S/C14H21BrFNO3S/c1-5-6-17-14(9(2)21(4,18)19)10-7-11(15)12(16)8-13(10)20-3/h7-9,14,17H,5-6H2,1-4H3. The van der Waals surface area contributed by atoms with Crippen LogP contribution in [0.5, 0.6) is 5.75 Å². The van der Waals surface area contributed by atoms with Gasteiger partial charge in [0.1, 0.15) is 11.6 Å². The van der Waals surface area contributed by atoms with E-state index in [0.29, 0.717) is 17.9 Å². The van der Waals surface area contributed by atoms with Gasteiger partial charge in [0, 0.05) is 17.9 Å². The van der Waals surface area contributed by atoms with Crippen molar-refractivity contribution in [2.45, 2.75) is 31.6 Å². The minimum Gasteiger partial charge on any atom is -0.496 e. The normalized spacial score (nSPS) is 14.8. The first-order chi connectivity index (χ1) is 9.72. The second kappa shape index (κ2) is 7.56. The summed E-state index contributed by atoms with van der Waals surface area (Å²) in [5, 5.41) is 2.55. The van der Waals surface area contributed by atoms with E-state index in [2.05, 4.69) is 21.2 Å². The average molecular weight is 382 g/mol. The van der Waals surface area contributed by atoms with Gasteiger partial charge in [0.05, 0.1) is 22.9 Å². The summed E-state index contributed by atoms with van der Waals surface area (Å²) in [7, 11) is -1.82. The summed E-state index contributed by atoms with van der Waals surface area (Å²) in [5.74, 6) is -0.114. The zero-order valence-electron chi connectivity index (χ0n) is 12.6. The maximum atomic E-state index is 13.6. The summed E-state index contributed by atoms with van der Waals surface area (Å²) < 4.78 is 42.9. The van der Waals surface area contributed by atoms with Gasteiger partial charge in [-0.15, -0.1) is 0 Å². The van der Waals surface area contributed by atoms with Gasteiger partial charge in [-0.25, -0.2) is 12.8 Å². The number of rotatable bonds is 7. The second-order valence-electron chi connectivity index (χ2n) is 4.97. The predicted octanol–water partition coefficient (Wildman–Crippen LogP) is 3.07. The first-order valence-corrected chi connectivity index (χ1v) is 9.42. The molecule has 1 aromatic rings. The van der Waals surface area contributed by atoms with E-state index in [0.717, 1.165) is 6.42 Å². The Morgan fingerprint density at radius 2 is 2.05 bits per heavy atom. The van der Waals surface area contributed by atoms with Crippen LogP contribution in [0.25, 0.3) is 0 Å². The lowest BCUT2D eigenvalue weighted by Gasteiger charge is -2.26. The van der Waals surface area contributed by atoms with Crippen molar-refractivity contribution in [2.75, 3.05) is 19.9 Å². The van der Waals surface area contributed by atoms with Crippen molar-refractivity contribution in [1.82, 2.24) is 5.32 Å². The molecule has 7 heteroatoms. The summed E-state index contributed by atoms with van der Waals surface area (Å²) >= 11 is 3.14. The van der Waals surface area contributed by atoms with Crippen LogP contribution in [0.1, 0.15) is 31.9 Å². The van der Waals surface area contributed by atoms with Crippen LogP contribution in [0, 0.1) is 5.82 Å². The molecule has 1 rings (SSSR count). The zero-order valence-corrected chi connectivity index (χ0v) is 15.0. The van der Waals surface area contributed by atoms with E-state index in [1.54, 1.807) is 13.0 Å². The maximum Gasteiger partial charge on any atom is 0.151 e. The van der Waals surface area contributed by atoms with Gasteiger partial charge < -0.3 is 10.1 Å². The summed E-state index contributed by atoms with van der Waals surface area (Å²) in [4.78, 5) is 0. The van der Waals surface area contributed by atoms with Crippen molar-refractivity contribution in [2.24, 2.45) is 0 Å². The van der Waals surface area contributed by atoms with Crippen LogP contribution in [0.4, 0.5) is 4.39 Å². The van der Waals surface area contributed by atoms with Crippen molar-refractivity contribution in [1.29, 1.82) is 0 Å². The van der Waals surface area contributed by atoms with E-state index in [-0.39, 0.29) is 4.47 Å². The van der Waals surface area contributed by atoms with Crippen LogP contribution in [0.2, 0.25) is 0 Å². The van der Waals surface area contributed by atoms with Gasteiger partial charge >= 0.3 is 0 Å². The molecule has 0 saturated carbocycles. The van der Waals surface area contributed by atoms with E-state index in [4.69, 9.17) is 4.74 Å². The second-order valence-corrected chi connectivity index (χ2v) is 8.23. The van der Waals surface area contributed by atoms with Crippen LogP contribution in [-0.2, 0) is 9.84 Å². The van der Waals surface area contributed by atoms with Crippen molar-refractivity contribution in [3.63, 3.8) is 0 Å². The van der Waals surface area contributed by atoms with E-state index in [1.165, 1.54) is 19.4 Å². The zero-order chi connectivity index (χ0) is 16.2. The average Bonchev–Trinajstić information content (AvgIpc) is 2.41. The van der Waals surface area contributed by atoms with Crippen molar-refractivity contribution in [3.8, 4) is 5.75 Å². The topological polar surface area (TPSA) is 55.4 Å². The largest absolute Gasteiger partial charge is 0.496 e. The van der Waals surface area contributed by atoms with Crippen molar-refractivity contribution in [3.05, 3.63) is 28.0 Å². The molecule has 0 aliphatic rings. The molecule has 0 amide bonds. The highest BCUT2D eigenvalue weighted by Gasteiger charge is 2.29. The predicted molar refractivity (Wildman–Crippen MR) is 86.0 cm³/mol. The molecule has 0 aromatic heterocycles. The molecule has 21 heavy (non-hydrogen) atoms. The molecule has 4 nitrogen and oxygen atoms in total. The molecular formula is C14H21BrFNO3S. The van der Waals surface area contributed by atoms with Crippen LogP contribution in [-0.4, -0.2) is 33.6 Å². The first-order valence-electron chi connectivity index (χ1n) is 6.67. The summed E-state index contributed by atoms with van der Waals surface area (Å²) in [5.41, 5.74) is 0.622. The molecule has 0 aliphatic carbocycles. The highest BCUT2D eigenvalue weighted by molar-refractivity contribution is 9.10. The Morgan fingerprint density at radius 1 is 1.43 bits per heavy atom. The molecule has 120 valence electrons. The van der Waals surface area contributed by atoms with Crippen LogP contribution in [0.3, 0.4) is 0 Å². The SMILES string of the molecule is CCCNC(c1cc(Br)c(F)cc1OC)C(C)S(C)(=O)=O. The van der Waals surface area contributed by atoms with Gasteiger partial charge in [-0.2, -0.15) is 0 Å². The number of sulfone groups is 1. The monoisotopic (exact) mass is 381 g/mol. The number of ether oxygens (including phenoxy) is 1. The third-order valence-electron chi connectivity index (χ3n) is 3.37. The van der Waals surface area contributed by atoms with E-state index in [9.17, 15) is 12.8 Å². The minimum absolute atomic E-state index is 0.280. The fourth-order valence-electron chi connectivity index (χ4n) is 2.04. The molecule has 0 aliphatic heterocycles. The Hall–Kier alpha value is -0.660. The van der Waals surface area contributed by atoms with Gasteiger partial charge in [0.15, 0.2) is 9.84 Å². The molecule has 2 atom stereocenters.